The molecule has 0 aliphatic heterocycles. The van der Waals surface area contributed by atoms with Crippen LogP contribution >= 0.6 is 7.82 Å². The fourth-order valence-corrected chi connectivity index (χ4v) is 3.24. The molecule has 134 valence electrons. The maximum Gasteiger partial charge on any atom is 0.475 e. The van der Waals surface area contributed by atoms with E-state index in [0.29, 0.717) is 6.42 Å². The van der Waals surface area contributed by atoms with Gasteiger partial charge in [-0.1, -0.05) is 60.7 Å². The Kier molecular flexibility index (Phi) is 7.34. The Balaban J connectivity index is 1.96. The van der Waals surface area contributed by atoms with Crippen molar-refractivity contribution < 1.29 is 28.0 Å². The molecule has 0 bridgehead atoms. The molecule has 1 N–H and O–H groups in total. The maximum atomic E-state index is 12.5. The Morgan fingerprint density at radius 3 is 2.12 bits per heavy atom. The molecule has 0 aliphatic rings. The molecule has 1 unspecified atom stereocenters. The smallest absolute Gasteiger partial charge is 0.475 e. The number of benzene rings is 2. The Labute approximate surface area is 147 Å². The average Bonchev–Trinajstić information content (AvgIpc) is 2.63. The maximum absolute atomic E-state index is 12.5. The van der Waals surface area contributed by atoms with E-state index in [4.69, 9.17) is 13.6 Å². The van der Waals surface area contributed by atoms with Crippen LogP contribution < -0.4 is 0 Å². The predicted octanol–water partition coefficient (Wildman–Crippen LogP) is 3.71. The van der Waals surface area contributed by atoms with E-state index in [2.05, 4.69) is 0 Å². The normalized spacial score (nSPS) is 14.6. The van der Waals surface area contributed by atoms with Gasteiger partial charge in [-0.3, -0.25) is 13.6 Å². The van der Waals surface area contributed by atoms with E-state index in [1.54, 1.807) is 24.3 Å². The van der Waals surface area contributed by atoms with E-state index in [9.17, 15) is 14.5 Å². The van der Waals surface area contributed by atoms with Crippen molar-refractivity contribution in [2.24, 2.45) is 0 Å². The molecule has 0 heterocycles. The molecule has 0 amide bonds. The van der Waals surface area contributed by atoms with Gasteiger partial charge in [0.25, 0.3) is 0 Å². The highest BCUT2D eigenvalue weighted by atomic mass is 31.2. The Hall–Kier alpha value is -1.98. The lowest BCUT2D eigenvalue weighted by atomic mass is 10.1. The summed E-state index contributed by atoms with van der Waals surface area (Å²) in [6.07, 6.45) is -0.760. The third-order valence-electron chi connectivity index (χ3n) is 3.50. The molecule has 0 saturated heterocycles. The van der Waals surface area contributed by atoms with Gasteiger partial charge in [0.2, 0.25) is 0 Å². The number of rotatable bonds is 10. The zero-order valence-electron chi connectivity index (χ0n) is 13.9. The minimum absolute atomic E-state index is 0.0611. The van der Waals surface area contributed by atoms with Crippen LogP contribution in [0.25, 0.3) is 0 Å². The van der Waals surface area contributed by atoms with Gasteiger partial charge in [-0.25, -0.2) is 9.36 Å². The van der Waals surface area contributed by atoms with Crippen molar-refractivity contribution in [3.05, 3.63) is 71.8 Å². The van der Waals surface area contributed by atoms with Gasteiger partial charge in [-0.15, -0.1) is 0 Å². The highest BCUT2D eigenvalue weighted by Gasteiger charge is 2.33. The second-order valence-electron chi connectivity index (χ2n) is 5.32. The molecule has 2 rings (SSSR count). The van der Waals surface area contributed by atoms with Gasteiger partial charge in [0, 0.05) is 13.5 Å². The van der Waals surface area contributed by atoms with E-state index in [-0.39, 0.29) is 13.0 Å². The van der Waals surface area contributed by atoms with Crippen molar-refractivity contribution in [1.82, 2.24) is 0 Å². The lowest BCUT2D eigenvalue weighted by Crippen LogP contribution is -2.26. The van der Waals surface area contributed by atoms with Crippen LogP contribution in [0.5, 0.6) is 0 Å². The molecular formula is C18H21O6P. The van der Waals surface area contributed by atoms with Crippen LogP contribution in [0, 0.1) is 0 Å². The number of carboxylic acid groups (broad SMARTS) is 1. The molecule has 2 atom stereocenters. The van der Waals surface area contributed by atoms with Crippen molar-refractivity contribution in [1.29, 1.82) is 0 Å². The summed E-state index contributed by atoms with van der Waals surface area (Å²) in [6, 6.07) is 18.5. The second kappa shape index (κ2) is 9.49. The van der Waals surface area contributed by atoms with Crippen molar-refractivity contribution in [3.8, 4) is 0 Å². The van der Waals surface area contributed by atoms with Crippen LogP contribution in [-0.2, 0) is 35.8 Å². The van der Waals surface area contributed by atoms with E-state index in [0.717, 1.165) is 11.1 Å². The zero-order valence-corrected chi connectivity index (χ0v) is 14.8. The molecule has 0 fully saturated rings. The lowest BCUT2D eigenvalue weighted by molar-refractivity contribution is -0.146. The van der Waals surface area contributed by atoms with Crippen molar-refractivity contribution in [2.45, 2.75) is 18.9 Å². The van der Waals surface area contributed by atoms with Gasteiger partial charge >= 0.3 is 13.8 Å². The van der Waals surface area contributed by atoms with E-state index in [1.807, 2.05) is 36.4 Å². The monoisotopic (exact) mass is 364 g/mol. The van der Waals surface area contributed by atoms with E-state index < -0.39 is 19.9 Å². The molecule has 0 aromatic heterocycles. The summed E-state index contributed by atoms with van der Waals surface area (Å²) in [5, 5.41) is 9.34. The zero-order chi connectivity index (χ0) is 18.1. The number of carbonyl (C=O) groups is 1. The first-order valence-electron chi connectivity index (χ1n) is 7.82. The van der Waals surface area contributed by atoms with Gasteiger partial charge in [0.05, 0.1) is 6.61 Å². The average molecular weight is 364 g/mol. The SMILES string of the molecule is COP(=O)(OCCc1ccccc1)O[C@@H](Cc1ccccc1)C(=O)O. The van der Waals surface area contributed by atoms with Gasteiger partial charge in [-0.05, 0) is 17.5 Å². The molecule has 2 aromatic rings. The first kappa shape index (κ1) is 19.3. The van der Waals surface area contributed by atoms with E-state index in [1.165, 1.54) is 7.11 Å². The fourth-order valence-electron chi connectivity index (χ4n) is 2.20. The minimum atomic E-state index is -3.97. The van der Waals surface area contributed by atoms with Gasteiger partial charge in [0.15, 0.2) is 6.10 Å². The number of hydrogen-bond donors (Lipinski definition) is 1. The van der Waals surface area contributed by atoms with Gasteiger partial charge in [-0.2, -0.15) is 0 Å². The van der Waals surface area contributed by atoms with Gasteiger partial charge in [0.1, 0.15) is 0 Å². The molecule has 6 nitrogen and oxygen atoms in total. The lowest BCUT2D eigenvalue weighted by Gasteiger charge is -2.20. The molecule has 0 spiro atoms. The predicted molar refractivity (Wildman–Crippen MR) is 93.4 cm³/mol. The Morgan fingerprint density at radius 2 is 1.60 bits per heavy atom. The summed E-state index contributed by atoms with van der Waals surface area (Å²) in [6.45, 7) is 0.0901. The van der Waals surface area contributed by atoms with Gasteiger partial charge < -0.3 is 5.11 Å². The largest absolute Gasteiger partial charge is 0.479 e. The van der Waals surface area contributed by atoms with Crippen LogP contribution in [-0.4, -0.2) is 30.9 Å². The molecule has 0 aliphatic carbocycles. The molecule has 7 heteroatoms. The van der Waals surface area contributed by atoms with Crippen LogP contribution in [0.1, 0.15) is 11.1 Å². The molecule has 0 saturated carbocycles. The molecular weight excluding hydrogens is 343 g/mol. The van der Waals surface area contributed by atoms with Crippen LogP contribution in [0.3, 0.4) is 0 Å². The Morgan fingerprint density at radius 1 is 1.04 bits per heavy atom. The number of aliphatic carboxylic acids is 1. The van der Waals surface area contributed by atoms with Crippen molar-refractivity contribution >= 4 is 13.8 Å². The fraction of sp³-hybridized carbons (Fsp3) is 0.278. The van der Waals surface area contributed by atoms with Crippen LogP contribution in [0.2, 0.25) is 0 Å². The Bertz CT molecular complexity index is 704. The highest BCUT2D eigenvalue weighted by molar-refractivity contribution is 7.48. The molecule has 0 radical (unpaired) electrons. The van der Waals surface area contributed by atoms with Crippen LogP contribution in [0.15, 0.2) is 60.7 Å². The minimum Gasteiger partial charge on any atom is -0.479 e. The van der Waals surface area contributed by atoms with Crippen LogP contribution in [0.4, 0.5) is 0 Å². The highest BCUT2D eigenvalue weighted by Crippen LogP contribution is 2.50. The standard InChI is InChI=1S/C18H21O6P/c1-22-25(21,23-13-12-15-8-4-2-5-9-15)24-17(18(19)20)14-16-10-6-3-7-11-16/h2-11,17H,12-14H2,1H3,(H,19,20)/t17-,25?/m0/s1. The number of phosphoric acid groups is 1. The summed E-state index contributed by atoms with van der Waals surface area (Å²) in [7, 11) is -2.79. The summed E-state index contributed by atoms with van der Waals surface area (Å²) in [5.41, 5.74) is 1.76. The summed E-state index contributed by atoms with van der Waals surface area (Å²) >= 11 is 0. The summed E-state index contributed by atoms with van der Waals surface area (Å²) in [5.74, 6) is -1.23. The third kappa shape index (κ3) is 6.44. The first-order valence-corrected chi connectivity index (χ1v) is 9.28. The number of phosphoric ester groups is 1. The molecule has 2 aromatic carbocycles. The van der Waals surface area contributed by atoms with E-state index >= 15 is 0 Å². The van der Waals surface area contributed by atoms with Crippen molar-refractivity contribution in [3.63, 3.8) is 0 Å². The topological polar surface area (TPSA) is 82.1 Å². The summed E-state index contributed by atoms with van der Waals surface area (Å²) in [4.78, 5) is 11.4. The first-order chi connectivity index (χ1) is 12.0. The number of hydrogen-bond acceptors (Lipinski definition) is 5. The number of carboxylic acids is 1. The second-order valence-corrected chi connectivity index (χ2v) is 7.05. The summed E-state index contributed by atoms with van der Waals surface area (Å²) < 4.78 is 27.8. The molecule has 25 heavy (non-hydrogen) atoms. The quantitative estimate of drug-likeness (QED) is 0.647. The third-order valence-corrected chi connectivity index (χ3v) is 4.96. The van der Waals surface area contributed by atoms with Crippen molar-refractivity contribution in [2.75, 3.05) is 13.7 Å².